The van der Waals surface area contributed by atoms with E-state index in [-0.39, 0.29) is 0 Å². The molecule has 0 aromatic heterocycles. The Labute approximate surface area is 105 Å². The van der Waals surface area contributed by atoms with E-state index in [1.807, 2.05) is 36.4 Å². The van der Waals surface area contributed by atoms with E-state index < -0.39 is 0 Å². The number of hydrogen-bond donors (Lipinski definition) is 0. The van der Waals surface area contributed by atoms with Crippen molar-refractivity contribution in [2.45, 2.75) is 6.61 Å². The fourth-order valence-electron chi connectivity index (χ4n) is 1.33. The zero-order valence-electron chi connectivity index (χ0n) is 8.49. The van der Waals surface area contributed by atoms with Gasteiger partial charge in [-0.2, -0.15) is 0 Å². The van der Waals surface area contributed by atoms with Gasteiger partial charge in [0.15, 0.2) is 0 Å². The predicted molar refractivity (Wildman–Crippen MR) is 67.2 cm³/mol. The van der Waals surface area contributed by atoms with Gasteiger partial charge in [0.25, 0.3) is 0 Å². The quantitative estimate of drug-likeness (QED) is 0.778. The van der Waals surface area contributed by atoms with Crippen LogP contribution in [0, 0.1) is 0 Å². The average molecular weight is 253 g/mol. The number of hydrogen-bond acceptors (Lipinski definition) is 1. The standard InChI is InChI=1S/C13H10Cl2O/c14-11-6-7-13(15)10(8-11)9-16-12-4-2-1-3-5-12/h1-8H,9H2. The molecule has 2 aromatic rings. The van der Waals surface area contributed by atoms with E-state index in [0.717, 1.165) is 11.3 Å². The summed E-state index contributed by atoms with van der Waals surface area (Å²) in [6.07, 6.45) is 0. The summed E-state index contributed by atoms with van der Waals surface area (Å²) in [6.45, 7) is 0.420. The lowest BCUT2D eigenvalue weighted by molar-refractivity contribution is 0.306. The first-order valence-electron chi connectivity index (χ1n) is 4.87. The van der Waals surface area contributed by atoms with Gasteiger partial charge in [0.2, 0.25) is 0 Å². The van der Waals surface area contributed by atoms with E-state index >= 15 is 0 Å². The molecule has 0 aliphatic heterocycles. The average Bonchev–Trinajstić information content (AvgIpc) is 2.32. The van der Waals surface area contributed by atoms with Crippen LogP contribution in [0.4, 0.5) is 0 Å². The van der Waals surface area contributed by atoms with Crippen molar-refractivity contribution in [1.82, 2.24) is 0 Å². The van der Waals surface area contributed by atoms with Gasteiger partial charge in [0.1, 0.15) is 12.4 Å². The Morgan fingerprint density at radius 1 is 0.938 bits per heavy atom. The Kier molecular flexibility index (Phi) is 3.70. The number of ether oxygens (including phenoxy) is 1. The van der Waals surface area contributed by atoms with Crippen LogP contribution in [0.3, 0.4) is 0 Å². The van der Waals surface area contributed by atoms with E-state index in [9.17, 15) is 0 Å². The molecular weight excluding hydrogens is 243 g/mol. The first-order valence-corrected chi connectivity index (χ1v) is 5.63. The summed E-state index contributed by atoms with van der Waals surface area (Å²) in [5.41, 5.74) is 0.887. The van der Waals surface area contributed by atoms with Crippen LogP contribution >= 0.6 is 23.2 Å². The predicted octanol–water partition coefficient (Wildman–Crippen LogP) is 4.57. The molecule has 2 aromatic carbocycles. The first-order chi connectivity index (χ1) is 7.75. The van der Waals surface area contributed by atoms with Crippen LogP contribution in [0.2, 0.25) is 10.0 Å². The monoisotopic (exact) mass is 252 g/mol. The van der Waals surface area contributed by atoms with Crippen LogP contribution in [-0.2, 0) is 6.61 Å². The van der Waals surface area contributed by atoms with Crippen LogP contribution in [0.1, 0.15) is 5.56 Å². The van der Waals surface area contributed by atoms with E-state index in [0.29, 0.717) is 16.7 Å². The van der Waals surface area contributed by atoms with Gasteiger partial charge in [-0.15, -0.1) is 0 Å². The van der Waals surface area contributed by atoms with Crippen LogP contribution in [-0.4, -0.2) is 0 Å². The van der Waals surface area contributed by atoms with E-state index in [4.69, 9.17) is 27.9 Å². The zero-order chi connectivity index (χ0) is 11.4. The van der Waals surface area contributed by atoms with Crippen molar-refractivity contribution in [2.75, 3.05) is 0 Å². The number of rotatable bonds is 3. The highest BCUT2D eigenvalue weighted by molar-refractivity contribution is 6.33. The van der Waals surface area contributed by atoms with Gasteiger partial charge in [-0.1, -0.05) is 41.4 Å². The molecule has 0 radical (unpaired) electrons. The number of benzene rings is 2. The molecule has 3 heteroatoms. The number of para-hydroxylation sites is 1. The van der Waals surface area contributed by atoms with Gasteiger partial charge >= 0.3 is 0 Å². The minimum absolute atomic E-state index is 0.420. The van der Waals surface area contributed by atoms with Crippen molar-refractivity contribution in [1.29, 1.82) is 0 Å². The molecule has 0 bridgehead atoms. The highest BCUT2D eigenvalue weighted by Gasteiger charge is 2.02. The van der Waals surface area contributed by atoms with Crippen molar-refractivity contribution in [3.05, 3.63) is 64.1 Å². The summed E-state index contributed by atoms with van der Waals surface area (Å²) < 4.78 is 5.58. The third-order valence-electron chi connectivity index (χ3n) is 2.15. The van der Waals surface area contributed by atoms with E-state index in [2.05, 4.69) is 0 Å². The normalized spacial score (nSPS) is 10.1. The summed E-state index contributed by atoms with van der Waals surface area (Å²) in [7, 11) is 0. The molecule has 0 spiro atoms. The molecule has 0 saturated heterocycles. The molecule has 0 amide bonds. The largest absolute Gasteiger partial charge is 0.489 e. The summed E-state index contributed by atoms with van der Waals surface area (Å²) in [5, 5.41) is 1.33. The van der Waals surface area contributed by atoms with Crippen LogP contribution in [0.25, 0.3) is 0 Å². The third kappa shape index (κ3) is 2.91. The van der Waals surface area contributed by atoms with Gasteiger partial charge in [-0.3, -0.25) is 0 Å². The number of halogens is 2. The van der Waals surface area contributed by atoms with Crippen molar-refractivity contribution >= 4 is 23.2 Å². The van der Waals surface area contributed by atoms with Crippen LogP contribution < -0.4 is 4.74 Å². The minimum atomic E-state index is 0.420. The minimum Gasteiger partial charge on any atom is -0.489 e. The van der Waals surface area contributed by atoms with Gasteiger partial charge in [0.05, 0.1) is 0 Å². The van der Waals surface area contributed by atoms with Crippen molar-refractivity contribution in [3.63, 3.8) is 0 Å². The fraction of sp³-hybridized carbons (Fsp3) is 0.0769. The second kappa shape index (κ2) is 5.24. The Hall–Kier alpha value is -1.18. The van der Waals surface area contributed by atoms with Crippen molar-refractivity contribution < 1.29 is 4.74 Å². The topological polar surface area (TPSA) is 9.23 Å². The van der Waals surface area contributed by atoms with Gasteiger partial charge < -0.3 is 4.74 Å². The lowest BCUT2D eigenvalue weighted by Crippen LogP contribution is -1.95. The maximum atomic E-state index is 6.02. The molecule has 0 saturated carbocycles. The second-order valence-corrected chi connectivity index (χ2v) is 4.18. The molecule has 0 atom stereocenters. The maximum absolute atomic E-state index is 6.02. The van der Waals surface area contributed by atoms with Gasteiger partial charge in [0, 0.05) is 15.6 Å². The van der Waals surface area contributed by atoms with Crippen molar-refractivity contribution in [2.24, 2.45) is 0 Å². The molecule has 0 aliphatic carbocycles. The molecule has 0 aliphatic rings. The van der Waals surface area contributed by atoms with Gasteiger partial charge in [-0.05, 0) is 30.3 Å². The molecule has 82 valence electrons. The summed E-state index contributed by atoms with van der Waals surface area (Å²) >= 11 is 11.9. The van der Waals surface area contributed by atoms with E-state index in [1.165, 1.54) is 0 Å². The molecule has 1 nitrogen and oxygen atoms in total. The Bertz CT molecular complexity index is 469. The molecule has 0 N–H and O–H groups in total. The summed E-state index contributed by atoms with van der Waals surface area (Å²) in [4.78, 5) is 0. The lowest BCUT2D eigenvalue weighted by atomic mass is 10.2. The van der Waals surface area contributed by atoms with Crippen LogP contribution in [0.5, 0.6) is 5.75 Å². The Morgan fingerprint density at radius 2 is 1.69 bits per heavy atom. The smallest absolute Gasteiger partial charge is 0.119 e. The molecule has 0 unspecified atom stereocenters. The van der Waals surface area contributed by atoms with E-state index in [1.54, 1.807) is 12.1 Å². The van der Waals surface area contributed by atoms with Crippen molar-refractivity contribution in [3.8, 4) is 5.75 Å². The summed E-state index contributed by atoms with van der Waals surface area (Å²) in [5.74, 6) is 0.818. The Morgan fingerprint density at radius 3 is 2.44 bits per heavy atom. The third-order valence-corrected chi connectivity index (χ3v) is 2.75. The molecule has 2 rings (SSSR count). The zero-order valence-corrected chi connectivity index (χ0v) is 10.0. The lowest BCUT2D eigenvalue weighted by Gasteiger charge is -2.07. The first kappa shape index (κ1) is 11.3. The maximum Gasteiger partial charge on any atom is 0.119 e. The second-order valence-electron chi connectivity index (χ2n) is 3.34. The highest BCUT2D eigenvalue weighted by atomic mass is 35.5. The molecule has 0 heterocycles. The molecule has 16 heavy (non-hydrogen) atoms. The van der Waals surface area contributed by atoms with Crippen LogP contribution in [0.15, 0.2) is 48.5 Å². The Balaban J connectivity index is 2.08. The highest BCUT2D eigenvalue weighted by Crippen LogP contribution is 2.22. The fourth-order valence-corrected chi connectivity index (χ4v) is 1.70. The molecule has 0 fully saturated rings. The summed E-state index contributed by atoms with van der Waals surface area (Å²) in [6, 6.07) is 14.9. The molecular formula is C13H10Cl2O. The van der Waals surface area contributed by atoms with Gasteiger partial charge in [-0.25, -0.2) is 0 Å². The SMILES string of the molecule is Clc1ccc(Cl)c(COc2ccccc2)c1.